The van der Waals surface area contributed by atoms with Crippen molar-refractivity contribution >= 4 is 11.8 Å². The Morgan fingerprint density at radius 2 is 1.69 bits per heavy atom. The molecule has 32 heavy (non-hydrogen) atoms. The van der Waals surface area contributed by atoms with E-state index in [1.54, 1.807) is 16.0 Å². The van der Waals surface area contributed by atoms with Gasteiger partial charge in [0.25, 0.3) is 5.91 Å². The van der Waals surface area contributed by atoms with Crippen molar-refractivity contribution in [2.24, 2.45) is 5.41 Å². The fourth-order valence-electron chi connectivity index (χ4n) is 4.53. The van der Waals surface area contributed by atoms with E-state index in [0.29, 0.717) is 38.0 Å². The molecule has 2 aromatic carbocycles. The minimum atomic E-state index is -0.530. The molecular formula is C26H28N4O2. The number of nitrogens with zero attached hydrogens (tertiary/aromatic N) is 4. The summed E-state index contributed by atoms with van der Waals surface area (Å²) in [5, 5.41) is 0. The highest BCUT2D eigenvalue weighted by Gasteiger charge is 2.43. The first-order chi connectivity index (χ1) is 15.5. The van der Waals surface area contributed by atoms with Gasteiger partial charge >= 0.3 is 0 Å². The molecule has 0 spiro atoms. The standard InChI is InChI=1S/C26H28N4O2/c1-29(2)25(32)26(11-15-30(16-12-26)24(31)23-19-27-13-14-28-23)18-20-7-6-10-22(17-20)21-8-4-3-5-9-21/h3-10,13-14,17,19H,11-12,15-16,18H2,1-2H3. The predicted molar refractivity (Wildman–Crippen MR) is 124 cm³/mol. The molecule has 2 heterocycles. The molecule has 0 radical (unpaired) electrons. The van der Waals surface area contributed by atoms with Crippen molar-refractivity contribution in [2.45, 2.75) is 19.3 Å². The van der Waals surface area contributed by atoms with Crippen LogP contribution in [0.4, 0.5) is 0 Å². The molecule has 1 aliphatic rings. The predicted octanol–water partition coefficient (Wildman–Crippen LogP) is 3.70. The number of rotatable bonds is 5. The van der Waals surface area contributed by atoms with Gasteiger partial charge in [-0.2, -0.15) is 0 Å². The molecule has 0 saturated carbocycles. The second-order valence-electron chi connectivity index (χ2n) is 8.61. The highest BCUT2D eigenvalue weighted by atomic mass is 16.2. The molecule has 0 bridgehead atoms. The van der Waals surface area contributed by atoms with E-state index in [1.807, 2.05) is 32.3 Å². The van der Waals surface area contributed by atoms with Crippen LogP contribution < -0.4 is 0 Å². The molecular weight excluding hydrogens is 400 g/mol. The average molecular weight is 429 g/mol. The van der Waals surface area contributed by atoms with Gasteiger partial charge in [0.15, 0.2) is 0 Å². The van der Waals surface area contributed by atoms with Gasteiger partial charge in [0.05, 0.1) is 11.6 Å². The van der Waals surface area contributed by atoms with Gasteiger partial charge in [0.2, 0.25) is 5.91 Å². The summed E-state index contributed by atoms with van der Waals surface area (Å²) in [6, 6.07) is 18.7. The number of likely N-dealkylation sites (tertiary alicyclic amines) is 1. The maximum absolute atomic E-state index is 13.3. The lowest BCUT2D eigenvalue weighted by atomic mass is 9.72. The van der Waals surface area contributed by atoms with Crippen LogP contribution in [0, 0.1) is 5.41 Å². The molecule has 4 rings (SSSR count). The Kier molecular flexibility index (Phi) is 6.30. The van der Waals surface area contributed by atoms with Crippen molar-refractivity contribution in [1.29, 1.82) is 0 Å². The first-order valence-corrected chi connectivity index (χ1v) is 10.9. The van der Waals surface area contributed by atoms with Crippen LogP contribution in [0.5, 0.6) is 0 Å². The fraction of sp³-hybridized carbons (Fsp3) is 0.308. The van der Waals surface area contributed by atoms with E-state index >= 15 is 0 Å². The second-order valence-corrected chi connectivity index (χ2v) is 8.61. The largest absolute Gasteiger partial charge is 0.348 e. The highest BCUT2D eigenvalue weighted by Crippen LogP contribution is 2.38. The number of piperidine rings is 1. The van der Waals surface area contributed by atoms with E-state index in [0.717, 1.165) is 16.7 Å². The van der Waals surface area contributed by atoms with Crippen LogP contribution >= 0.6 is 0 Å². The monoisotopic (exact) mass is 428 g/mol. The number of hydrogen-bond acceptors (Lipinski definition) is 4. The number of aromatic nitrogens is 2. The van der Waals surface area contributed by atoms with E-state index in [2.05, 4.69) is 46.4 Å². The molecule has 0 N–H and O–H groups in total. The smallest absolute Gasteiger partial charge is 0.274 e. The lowest BCUT2D eigenvalue weighted by Crippen LogP contribution is -2.51. The first kappa shape index (κ1) is 21.7. The minimum Gasteiger partial charge on any atom is -0.348 e. The van der Waals surface area contributed by atoms with E-state index in [4.69, 9.17) is 0 Å². The van der Waals surface area contributed by atoms with Crippen LogP contribution in [-0.2, 0) is 11.2 Å². The van der Waals surface area contributed by atoms with Gasteiger partial charge in [0, 0.05) is 39.6 Å². The Hall–Kier alpha value is -3.54. The molecule has 0 atom stereocenters. The Morgan fingerprint density at radius 3 is 2.34 bits per heavy atom. The summed E-state index contributed by atoms with van der Waals surface area (Å²) >= 11 is 0. The van der Waals surface area contributed by atoms with Crippen molar-refractivity contribution < 1.29 is 9.59 Å². The number of carbonyl (C=O) groups is 2. The van der Waals surface area contributed by atoms with Gasteiger partial charge in [-0.15, -0.1) is 0 Å². The maximum atomic E-state index is 13.3. The molecule has 1 fully saturated rings. The van der Waals surface area contributed by atoms with E-state index in [9.17, 15) is 9.59 Å². The van der Waals surface area contributed by atoms with Crippen LogP contribution in [0.3, 0.4) is 0 Å². The van der Waals surface area contributed by atoms with Crippen molar-refractivity contribution in [2.75, 3.05) is 27.2 Å². The van der Waals surface area contributed by atoms with Gasteiger partial charge in [-0.1, -0.05) is 54.6 Å². The molecule has 6 heteroatoms. The normalized spacial score (nSPS) is 15.2. The molecule has 164 valence electrons. The molecule has 0 aliphatic carbocycles. The Balaban J connectivity index is 1.55. The van der Waals surface area contributed by atoms with Gasteiger partial charge in [-0.25, -0.2) is 4.98 Å². The number of carbonyl (C=O) groups excluding carboxylic acids is 2. The zero-order valence-corrected chi connectivity index (χ0v) is 18.6. The summed E-state index contributed by atoms with van der Waals surface area (Å²) in [5.41, 5.74) is 3.25. The quantitative estimate of drug-likeness (QED) is 0.622. The zero-order chi connectivity index (χ0) is 22.6. The highest BCUT2D eigenvalue weighted by molar-refractivity contribution is 5.92. The number of amides is 2. The van der Waals surface area contributed by atoms with Gasteiger partial charge < -0.3 is 9.80 Å². The SMILES string of the molecule is CN(C)C(=O)C1(Cc2cccc(-c3ccccc3)c2)CCN(C(=O)c2cnccn2)CC1. The van der Waals surface area contributed by atoms with Crippen molar-refractivity contribution in [3.63, 3.8) is 0 Å². The van der Waals surface area contributed by atoms with Crippen molar-refractivity contribution in [3.8, 4) is 11.1 Å². The Morgan fingerprint density at radius 1 is 0.969 bits per heavy atom. The molecule has 3 aromatic rings. The van der Waals surface area contributed by atoms with Crippen LogP contribution in [0.25, 0.3) is 11.1 Å². The fourth-order valence-corrected chi connectivity index (χ4v) is 4.53. The van der Waals surface area contributed by atoms with Crippen LogP contribution in [0.2, 0.25) is 0 Å². The number of hydrogen-bond donors (Lipinski definition) is 0. The maximum Gasteiger partial charge on any atom is 0.274 e. The summed E-state index contributed by atoms with van der Waals surface area (Å²) in [6.45, 7) is 1.04. The van der Waals surface area contributed by atoms with Gasteiger partial charge in [0.1, 0.15) is 5.69 Å². The van der Waals surface area contributed by atoms with Gasteiger partial charge in [-0.05, 0) is 36.0 Å². The third-order valence-corrected chi connectivity index (χ3v) is 6.23. The van der Waals surface area contributed by atoms with E-state index < -0.39 is 5.41 Å². The Labute approximate surface area is 188 Å². The third kappa shape index (κ3) is 4.54. The topological polar surface area (TPSA) is 66.4 Å². The van der Waals surface area contributed by atoms with E-state index in [1.165, 1.54) is 12.4 Å². The first-order valence-electron chi connectivity index (χ1n) is 10.9. The molecule has 1 aromatic heterocycles. The summed E-state index contributed by atoms with van der Waals surface area (Å²) in [5.74, 6) is -0.00991. The van der Waals surface area contributed by atoms with Crippen molar-refractivity contribution in [3.05, 3.63) is 84.4 Å². The van der Waals surface area contributed by atoms with E-state index in [-0.39, 0.29) is 11.8 Å². The summed E-state index contributed by atoms with van der Waals surface area (Å²) < 4.78 is 0. The van der Waals surface area contributed by atoms with Crippen LogP contribution in [0.15, 0.2) is 73.2 Å². The molecule has 0 unspecified atom stereocenters. The lowest BCUT2D eigenvalue weighted by Gasteiger charge is -2.42. The number of benzene rings is 2. The Bertz CT molecular complexity index is 1080. The molecule has 1 saturated heterocycles. The third-order valence-electron chi connectivity index (χ3n) is 6.23. The lowest BCUT2D eigenvalue weighted by molar-refractivity contribution is -0.142. The minimum absolute atomic E-state index is 0.120. The average Bonchev–Trinajstić information content (AvgIpc) is 2.85. The zero-order valence-electron chi connectivity index (χ0n) is 18.6. The van der Waals surface area contributed by atoms with Gasteiger partial charge in [-0.3, -0.25) is 14.6 Å². The summed E-state index contributed by atoms with van der Waals surface area (Å²) in [7, 11) is 3.61. The molecule has 6 nitrogen and oxygen atoms in total. The van der Waals surface area contributed by atoms with Crippen LogP contribution in [0.1, 0.15) is 28.9 Å². The summed E-state index contributed by atoms with van der Waals surface area (Å²) in [4.78, 5) is 37.7. The van der Waals surface area contributed by atoms with Crippen LogP contribution in [-0.4, -0.2) is 58.8 Å². The molecule has 1 aliphatic heterocycles. The second kappa shape index (κ2) is 9.30. The van der Waals surface area contributed by atoms with Crippen molar-refractivity contribution in [1.82, 2.24) is 19.8 Å². The molecule has 2 amide bonds. The summed E-state index contributed by atoms with van der Waals surface area (Å²) in [6.07, 6.45) is 6.45.